The highest BCUT2D eigenvalue weighted by Crippen LogP contribution is 2.26. The Morgan fingerprint density at radius 1 is 1.53 bits per heavy atom. The summed E-state index contributed by atoms with van der Waals surface area (Å²) in [6.45, 7) is 4.13. The first-order chi connectivity index (χ1) is 9.26. The van der Waals surface area contributed by atoms with Gasteiger partial charge in [-0.2, -0.15) is 5.10 Å². The highest BCUT2D eigenvalue weighted by atomic mass is 16.4. The van der Waals surface area contributed by atoms with E-state index in [4.69, 9.17) is 10.9 Å². The molecule has 0 bridgehead atoms. The van der Waals surface area contributed by atoms with Crippen molar-refractivity contribution in [1.29, 1.82) is 0 Å². The molecule has 0 radical (unpaired) electrons. The second-order valence-corrected chi connectivity index (χ2v) is 4.97. The molecule has 104 valence electrons. The number of nitrogens with zero attached hydrogens (tertiary/aromatic N) is 4. The van der Waals surface area contributed by atoms with Gasteiger partial charge in [0.1, 0.15) is 0 Å². The van der Waals surface area contributed by atoms with E-state index >= 15 is 0 Å². The van der Waals surface area contributed by atoms with Crippen molar-refractivity contribution in [2.45, 2.75) is 32.6 Å². The highest BCUT2D eigenvalue weighted by molar-refractivity contribution is 6.01. The van der Waals surface area contributed by atoms with E-state index in [2.05, 4.69) is 27.2 Å². The lowest BCUT2D eigenvalue weighted by Gasteiger charge is -2.33. The van der Waals surface area contributed by atoms with Crippen molar-refractivity contribution in [2.24, 2.45) is 16.8 Å². The van der Waals surface area contributed by atoms with Gasteiger partial charge in [-0.3, -0.25) is 0 Å². The van der Waals surface area contributed by atoms with Gasteiger partial charge in [-0.1, -0.05) is 24.9 Å². The van der Waals surface area contributed by atoms with Crippen molar-refractivity contribution in [1.82, 2.24) is 10.2 Å². The normalized spacial score (nSPS) is 17.7. The van der Waals surface area contributed by atoms with Crippen molar-refractivity contribution < 1.29 is 5.21 Å². The van der Waals surface area contributed by atoms with Gasteiger partial charge in [-0.25, -0.2) is 0 Å². The van der Waals surface area contributed by atoms with Gasteiger partial charge < -0.3 is 15.8 Å². The summed E-state index contributed by atoms with van der Waals surface area (Å²) in [4.78, 5) is 2.17. The number of hydrogen-bond acceptors (Lipinski definition) is 5. The minimum absolute atomic E-state index is 0.0839. The van der Waals surface area contributed by atoms with E-state index < -0.39 is 0 Å². The molecule has 19 heavy (non-hydrogen) atoms. The molecule has 0 atom stereocenters. The van der Waals surface area contributed by atoms with Crippen LogP contribution in [-0.4, -0.2) is 34.3 Å². The maximum Gasteiger partial charge on any atom is 0.173 e. The Hall–Kier alpha value is -1.85. The van der Waals surface area contributed by atoms with Gasteiger partial charge in [0.2, 0.25) is 0 Å². The van der Waals surface area contributed by atoms with E-state index in [0.29, 0.717) is 11.4 Å². The molecular weight excluding hydrogens is 242 g/mol. The first-order valence-electron chi connectivity index (χ1n) is 6.80. The van der Waals surface area contributed by atoms with Gasteiger partial charge in [-0.05, 0) is 24.8 Å². The standard InChI is InChI=1S/C13H21N5O/c1-2-3-10-5-8-18(9-6-10)13-11(12(14)17-19)4-7-15-16-13/h4,7,10,19H,2-3,5-6,8-9H2,1H3,(H2,14,17). The van der Waals surface area contributed by atoms with E-state index in [0.717, 1.165) is 19.0 Å². The Balaban J connectivity index is 2.11. The summed E-state index contributed by atoms with van der Waals surface area (Å²) in [6.07, 6.45) is 6.42. The minimum Gasteiger partial charge on any atom is -0.409 e. The zero-order valence-corrected chi connectivity index (χ0v) is 11.3. The van der Waals surface area contributed by atoms with Crippen molar-refractivity contribution in [3.8, 4) is 0 Å². The second-order valence-electron chi connectivity index (χ2n) is 4.97. The lowest BCUT2D eigenvalue weighted by atomic mass is 9.92. The fourth-order valence-electron chi connectivity index (χ4n) is 2.65. The summed E-state index contributed by atoms with van der Waals surface area (Å²) >= 11 is 0. The molecule has 1 aromatic heterocycles. The molecule has 2 heterocycles. The van der Waals surface area contributed by atoms with Gasteiger partial charge in [0.05, 0.1) is 11.8 Å². The van der Waals surface area contributed by atoms with E-state index in [1.165, 1.54) is 25.7 Å². The van der Waals surface area contributed by atoms with Crippen LogP contribution in [0.5, 0.6) is 0 Å². The van der Waals surface area contributed by atoms with Crippen LogP contribution in [0.25, 0.3) is 0 Å². The summed E-state index contributed by atoms with van der Waals surface area (Å²) in [6, 6.07) is 1.73. The number of hydrogen-bond donors (Lipinski definition) is 2. The van der Waals surface area contributed by atoms with E-state index in [-0.39, 0.29) is 5.84 Å². The second kappa shape index (κ2) is 6.36. The number of oxime groups is 1. The molecule has 0 spiro atoms. The summed E-state index contributed by atoms with van der Waals surface area (Å²) in [5.74, 6) is 1.61. The van der Waals surface area contributed by atoms with Crippen LogP contribution in [0.2, 0.25) is 0 Å². The fraction of sp³-hybridized carbons (Fsp3) is 0.615. The number of anilines is 1. The molecule has 6 heteroatoms. The van der Waals surface area contributed by atoms with Crippen molar-refractivity contribution >= 4 is 11.7 Å². The molecule has 1 aromatic rings. The largest absolute Gasteiger partial charge is 0.409 e. The third-order valence-electron chi connectivity index (χ3n) is 3.70. The third-order valence-corrected chi connectivity index (χ3v) is 3.70. The summed E-state index contributed by atoms with van der Waals surface area (Å²) < 4.78 is 0. The SMILES string of the molecule is CCCC1CCN(c2nnccc2/C(N)=N/O)CC1. The average molecular weight is 263 g/mol. The highest BCUT2D eigenvalue weighted by Gasteiger charge is 2.22. The Kier molecular flexibility index (Phi) is 4.54. The summed E-state index contributed by atoms with van der Waals surface area (Å²) in [5.41, 5.74) is 6.33. The van der Waals surface area contributed by atoms with Gasteiger partial charge in [-0.15, -0.1) is 5.10 Å². The molecule has 0 unspecified atom stereocenters. The Labute approximate surface area is 113 Å². The van der Waals surface area contributed by atoms with E-state index in [1.807, 2.05) is 0 Å². The molecule has 0 saturated carbocycles. The van der Waals surface area contributed by atoms with Gasteiger partial charge >= 0.3 is 0 Å². The first kappa shape index (κ1) is 13.6. The van der Waals surface area contributed by atoms with Crippen LogP contribution < -0.4 is 10.6 Å². The maximum atomic E-state index is 8.82. The number of rotatable bonds is 4. The predicted molar refractivity (Wildman–Crippen MR) is 74.4 cm³/mol. The van der Waals surface area contributed by atoms with Crippen LogP contribution in [0.3, 0.4) is 0 Å². The fourth-order valence-corrected chi connectivity index (χ4v) is 2.65. The summed E-state index contributed by atoms with van der Waals surface area (Å²) in [5, 5.41) is 19.9. The van der Waals surface area contributed by atoms with Crippen molar-refractivity contribution in [3.63, 3.8) is 0 Å². The maximum absolute atomic E-state index is 8.82. The smallest absolute Gasteiger partial charge is 0.173 e. The number of amidine groups is 1. The van der Waals surface area contributed by atoms with Crippen LogP contribution in [0, 0.1) is 5.92 Å². The molecule has 0 aromatic carbocycles. The Bertz CT molecular complexity index is 440. The van der Waals surface area contributed by atoms with Crippen LogP contribution >= 0.6 is 0 Å². The lowest BCUT2D eigenvalue weighted by molar-refractivity contribution is 0.318. The van der Waals surface area contributed by atoms with Gasteiger partial charge in [0, 0.05) is 13.1 Å². The number of piperidine rings is 1. The Morgan fingerprint density at radius 2 is 2.26 bits per heavy atom. The Morgan fingerprint density at radius 3 is 2.89 bits per heavy atom. The van der Waals surface area contributed by atoms with E-state index in [1.54, 1.807) is 12.3 Å². The zero-order chi connectivity index (χ0) is 13.7. The lowest BCUT2D eigenvalue weighted by Crippen LogP contribution is -2.36. The quantitative estimate of drug-likeness (QED) is 0.373. The average Bonchev–Trinajstić information content (AvgIpc) is 2.47. The first-order valence-corrected chi connectivity index (χ1v) is 6.80. The van der Waals surface area contributed by atoms with Crippen LogP contribution in [0.1, 0.15) is 38.2 Å². The molecule has 1 fully saturated rings. The topological polar surface area (TPSA) is 87.6 Å². The molecule has 3 N–H and O–H groups in total. The molecule has 0 amide bonds. The molecule has 6 nitrogen and oxygen atoms in total. The van der Waals surface area contributed by atoms with E-state index in [9.17, 15) is 0 Å². The zero-order valence-electron chi connectivity index (χ0n) is 11.3. The van der Waals surface area contributed by atoms with Crippen molar-refractivity contribution in [2.75, 3.05) is 18.0 Å². The molecule has 0 aliphatic carbocycles. The third kappa shape index (κ3) is 3.13. The van der Waals surface area contributed by atoms with Crippen LogP contribution in [0.15, 0.2) is 17.4 Å². The molecule has 1 saturated heterocycles. The van der Waals surface area contributed by atoms with Gasteiger partial charge in [0.25, 0.3) is 0 Å². The molecule has 2 rings (SSSR count). The molecule has 1 aliphatic rings. The number of aromatic nitrogens is 2. The number of nitrogens with two attached hydrogens (primary N) is 1. The molecular formula is C13H21N5O. The molecule has 1 aliphatic heterocycles. The van der Waals surface area contributed by atoms with Crippen molar-refractivity contribution in [3.05, 3.63) is 17.8 Å². The van der Waals surface area contributed by atoms with Crippen LogP contribution in [0.4, 0.5) is 5.82 Å². The van der Waals surface area contributed by atoms with Crippen LogP contribution in [-0.2, 0) is 0 Å². The summed E-state index contributed by atoms with van der Waals surface area (Å²) in [7, 11) is 0. The predicted octanol–water partition coefficient (Wildman–Crippen LogP) is 1.59. The van der Waals surface area contributed by atoms with Gasteiger partial charge in [0.15, 0.2) is 11.7 Å². The monoisotopic (exact) mass is 263 g/mol. The minimum atomic E-state index is 0.0839.